The van der Waals surface area contributed by atoms with Crippen molar-refractivity contribution >= 4 is 58.0 Å². The Morgan fingerprint density at radius 2 is 0.859 bits per heavy atom. The van der Waals surface area contributed by atoms with E-state index >= 15 is 9.13 Å². The van der Waals surface area contributed by atoms with Crippen molar-refractivity contribution < 1.29 is 47.1 Å². The molecule has 0 aliphatic carbocycles. The molecule has 0 radical (unpaired) electrons. The van der Waals surface area contributed by atoms with Gasteiger partial charge in [0.1, 0.15) is 12.2 Å². The quantitative estimate of drug-likeness (QED) is 0.0920. The van der Waals surface area contributed by atoms with Crippen LogP contribution in [0.3, 0.4) is 0 Å². The zero-order valence-corrected chi connectivity index (χ0v) is 36.5. The average molecular weight is 891 g/mol. The van der Waals surface area contributed by atoms with Crippen LogP contribution in [0.5, 0.6) is 0 Å². The molecule has 9 rings (SSSR count). The second-order valence-electron chi connectivity index (χ2n) is 15.3. The van der Waals surface area contributed by atoms with Gasteiger partial charge in [-0.25, -0.2) is 9.59 Å². The normalized spacial score (nSPS) is 21.0. The molecular formula is C52H44O10P2. The first-order valence-electron chi connectivity index (χ1n) is 20.8. The van der Waals surface area contributed by atoms with Crippen molar-refractivity contribution in [2.24, 2.45) is 0 Å². The van der Waals surface area contributed by atoms with E-state index < -0.39 is 63.2 Å². The Bertz CT molecular complexity index is 2720. The minimum absolute atomic E-state index is 0.0206. The van der Waals surface area contributed by atoms with Crippen molar-refractivity contribution in [1.82, 2.24) is 0 Å². The van der Waals surface area contributed by atoms with Crippen LogP contribution in [0.1, 0.15) is 32.6 Å². The molecule has 12 heteroatoms. The number of hydrogen-bond donors (Lipinski definition) is 0. The second-order valence-corrected chi connectivity index (χ2v) is 20.8. The van der Waals surface area contributed by atoms with Crippen molar-refractivity contribution in [2.45, 2.75) is 37.0 Å². The monoisotopic (exact) mass is 890 g/mol. The van der Waals surface area contributed by atoms with E-state index in [0.717, 1.165) is 0 Å². The first kappa shape index (κ1) is 43.1. The van der Waals surface area contributed by atoms with E-state index in [2.05, 4.69) is 0 Å². The third-order valence-corrected chi connectivity index (χ3v) is 17.7. The molecule has 0 saturated carbocycles. The van der Waals surface area contributed by atoms with Gasteiger partial charge in [-0.2, -0.15) is 0 Å². The maximum Gasteiger partial charge on any atom is 0.339 e. The molecule has 2 aliphatic rings. The topological polar surface area (TPSA) is 124 Å². The number of carbonyl (C=O) groups excluding carboxylic acids is 2. The Balaban J connectivity index is 1.13. The van der Waals surface area contributed by atoms with Crippen LogP contribution in [-0.4, -0.2) is 56.4 Å². The van der Waals surface area contributed by atoms with E-state index in [0.29, 0.717) is 26.8 Å². The summed E-state index contributed by atoms with van der Waals surface area (Å²) in [5.74, 6) is -1.70. The molecule has 2 aliphatic heterocycles. The molecule has 2 fully saturated rings. The summed E-state index contributed by atoms with van der Waals surface area (Å²) in [4.78, 5) is 29.8. The van der Waals surface area contributed by atoms with Gasteiger partial charge in [0.2, 0.25) is 0 Å². The molecule has 322 valence electrons. The number of ether oxygens (including phenoxy) is 6. The SMILES string of the molecule is CO[C@H]1O[C@@H]2COC(c3ccccc3)O[C@H]2[C@H](OC(=O)c2ccccc2P(=O)(c2ccccc2)c2ccccc2)[C@H]1OC(=O)c1ccccc1P(=O)(c1ccccc1)c1ccccc1. The Kier molecular flexibility index (Phi) is 12.7. The van der Waals surface area contributed by atoms with E-state index in [-0.39, 0.29) is 28.3 Å². The van der Waals surface area contributed by atoms with Crippen LogP contribution in [0, 0.1) is 0 Å². The average Bonchev–Trinajstić information content (AvgIpc) is 3.37. The number of esters is 2. The predicted molar refractivity (Wildman–Crippen MR) is 246 cm³/mol. The van der Waals surface area contributed by atoms with E-state index in [9.17, 15) is 9.59 Å². The molecule has 7 aromatic rings. The van der Waals surface area contributed by atoms with Gasteiger partial charge in [0.05, 0.1) is 17.7 Å². The molecule has 6 atom stereocenters. The molecule has 7 aromatic carbocycles. The van der Waals surface area contributed by atoms with Crippen molar-refractivity contribution in [1.29, 1.82) is 0 Å². The largest absolute Gasteiger partial charge is 0.452 e. The van der Waals surface area contributed by atoms with Gasteiger partial charge in [-0.1, -0.05) is 176 Å². The number of hydrogen-bond acceptors (Lipinski definition) is 10. The molecule has 2 heterocycles. The van der Waals surface area contributed by atoms with Gasteiger partial charge >= 0.3 is 11.9 Å². The lowest BCUT2D eigenvalue weighted by molar-refractivity contribution is -0.356. The van der Waals surface area contributed by atoms with Gasteiger partial charge in [0.15, 0.2) is 39.1 Å². The highest BCUT2D eigenvalue weighted by Crippen LogP contribution is 2.45. The first-order valence-corrected chi connectivity index (χ1v) is 24.3. The Morgan fingerprint density at radius 1 is 0.484 bits per heavy atom. The van der Waals surface area contributed by atoms with Gasteiger partial charge in [0.25, 0.3) is 0 Å². The Hall–Kier alpha value is -6.22. The molecule has 1 unspecified atom stereocenters. The fourth-order valence-corrected chi connectivity index (χ4v) is 14.1. The summed E-state index contributed by atoms with van der Waals surface area (Å²) >= 11 is 0. The van der Waals surface area contributed by atoms with Gasteiger partial charge < -0.3 is 37.6 Å². The van der Waals surface area contributed by atoms with Crippen LogP contribution >= 0.6 is 14.3 Å². The Morgan fingerprint density at radius 3 is 1.28 bits per heavy atom. The number of benzene rings is 7. The van der Waals surface area contributed by atoms with Crippen LogP contribution in [0.25, 0.3) is 0 Å². The number of fused-ring (bicyclic) bond motifs is 1. The third-order valence-electron chi connectivity index (χ3n) is 11.5. The molecule has 0 aromatic heterocycles. The zero-order valence-electron chi connectivity index (χ0n) is 34.7. The maximum atomic E-state index is 15.7. The van der Waals surface area contributed by atoms with Crippen LogP contribution in [0.4, 0.5) is 0 Å². The summed E-state index contributed by atoms with van der Waals surface area (Å²) < 4.78 is 69.2. The van der Waals surface area contributed by atoms with Crippen molar-refractivity contribution in [2.75, 3.05) is 13.7 Å². The van der Waals surface area contributed by atoms with Crippen molar-refractivity contribution in [3.8, 4) is 0 Å². The molecule has 2 saturated heterocycles. The summed E-state index contributed by atoms with van der Waals surface area (Å²) in [6, 6.07) is 58.5. The molecule has 0 spiro atoms. The fourth-order valence-electron chi connectivity index (χ4n) is 8.40. The van der Waals surface area contributed by atoms with Crippen LogP contribution in [0.15, 0.2) is 200 Å². The third kappa shape index (κ3) is 8.21. The standard InChI is InChI=1S/C52H44O10P2/c1-57-52-48(61-50(54)42-32-18-20-34-45(42)64(56,39-27-13-5-14-28-39)40-29-15-6-16-30-40)47(46-43(59-52)35-58-51(62-46)36-21-7-2-8-22-36)60-49(53)41-31-17-19-33-44(41)63(55,37-23-9-3-10-24-37)38-25-11-4-12-26-38/h2-34,43,46-48,51-52H,35H2,1H3/t43-,46-,47+,48-,51?,52+/m1/s1. The van der Waals surface area contributed by atoms with Crippen molar-refractivity contribution in [3.05, 3.63) is 217 Å². The number of carbonyl (C=O) groups is 2. The summed E-state index contributed by atoms with van der Waals surface area (Å²) in [5, 5.41) is 2.62. The smallest absolute Gasteiger partial charge is 0.339 e. The van der Waals surface area contributed by atoms with E-state index in [1.807, 2.05) is 54.6 Å². The second kappa shape index (κ2) is 18.9. The summed E-state index contributed by atoms with van der Waals surface area (Å²) in [7, 11) is -5.97. The molecule has 64 heavy (non-hydrogen) atoms. The highest BCUT2D eigenvalue weighted by molar-refractivity contribution is 7.86. The predicted octanol–water partition coefficient (Wildman–Crippen LogP) is 7.20. The number of methoxy groups -OCH3 is 1. The number of rotatable bonds is 12. The lowest BCUT2D eigenvalue weighted by atomic mass is 9.97. The molecule has 0 amide bonds. The summed E-state index contributed by atoms with van der Waals surface area (Å²) in [6.45, 7) is 0.0206. The zero-order chi connectivity index (χ0) is 44.1. The first-order chi connectivity index (χ1) is 31.3. The van der Waals surface area contributed by atoms with Gasteiger partial charge in [-0.05, 0) is 24.3 Å². The van der Waals surface area contributed by atoms with E-state index in [1.165, 1.54) is 7.11 Å². The summed E-state index contributed by atoms with van der Waals surface area (Å²) in [5.41, 5.74) is 0.786. The Labute approximate surface area is 371 Å². The lowest BCUT2D eigenvalue weighted by Gasteiger charge is -2.47. The fraction of sp³-hybridized carbons (Fsp3) is 0.154. The molecule has 10 nitrogen and oxygen atoms in total. The van der Waals surface area contributed by atoms with Crippen molar-refractivity contribution in [3.63, 3.8) is 0 Å². The summed E-state index contributed by atoms with van der Waals surface area (Å²) in [6.07, 6.45) is -6.85. The van der Waals surface area contributed by atoms with Gasteiger partial charge in [0, 0.05) is 44.5 Å². The van der Waals surface area contributed by atoms with E-state index in [1.54, 1.807) is 146 Å². The highest BCUT2D eigenvalue weighted by Gasteiger charge is 2.54. The van der Waals surface area contributed by atoms with Crippen LogP contribution in [0.2, 0.25) is 0 Å². The van der Waals surface area contributed by atoms with Gasteiger partial charge in [-0.3, -0.25) is 0 Å². The van der Waals surface area contributed by atoms with Crippen LogP contribution < -0.4 is 31.8 Å². The maximum absolute atomic E-state index is 15.7. The lowest BCUT2D eigenvalue weighted by Crippen LogP contribution is -2.64. The van der Waals surface area contributed by atoms with Gasteiger partial charge in [-0.15, -0.1) is 0 Å². The van der Waals surface area contributed by atoms with E-state index in [4.69, 9.17) is 28.4 Å². The van der Waals surface area contributed by atoms with Crippen LogP contribution in [-0.2, 0) is 37.6 Å². The minimum Gasteiger partial charge on any atom is -0.452 e. The highest BCUT2D eigenvalue weighted by atomic mass is 31.2. The minimum atomic E-state index is -3.68. The molecule has 0 bridgehead atoms. The molecule has 0 N–H and O–H groups in total. The molecular weight excluding hydrogens is 847 g/mol.